The zero-order valence-corrected chi connectivity index (χ0v) is 12.2. The highest BCUT2D eigenvalue weighted by Crippen LogP contribution is 2.27. The molecule has 1 fully saturated rings. The number of benzene rings is 1. The average Bonchev–Trinajstić information content (AvgIpc) is 2.79. The molecule has 0 N–H and O–H groups in total. The minimum absolute atomic E-state index is 0.104. The number of carbonyl (C=O) groups is 1. The third-order valence-corrected chi connectivity index (χ3v) is 3.52. The quantitative estimate of drug-likeness (QED) is 0.800. The van der Waals surface area contributed by atoms with Crippen LogP contribution in [-0.4, -0.2) is 29.6 Å². The Bertz CT molecular complexity index is 589. The lowest BCUT2D eigenvalue weighted by molar-refractivity contribution is -0.127. The van der Waals surface area contributed by atoms with Crippen LogP contribution in [0.1, 0.15) is 30.9 Å². The molecule has 1 aliphatic heterocycles. The summed E-state index contributed by atoms with van der Waals surface area (Å²) in [6.45, 7) is 3.34. The molecule has 1 saturated heterocycles. The van der Waals surface area contributed by atoms with Gasteiger partial charge in [0, 0.05) is 18.1 Å². The molecule has 2 rings (SSSR count). The molecule has 1 amide bonds. The number of hydrogen-bond acceptors (Lipinski definition) is 3. The second kappa shape index (κ2) is 6.53. The van der Waals surface area contributed by atoms with Crippen molar-refractivity contribution in [3.05, 3.63) is 29.3 Å². The molecule has 0 radical (unpaired) electrons. The van der Waals surface area contributed by atoms with E-state index in [1.807, 2.05) is 13.0 Å². The topological polar surface area (TPSA) is 56.5 Å². The SMILES string of the molecule is CCCN1CC(=Nc2c(C#N)cccc2CCl)CC1=O. The first-order valence-corrected chi connectivity index (χ1v) is 7.15. The number of halogens is 1. The second-order valence-corrected chi connectivity index (χ2v) is 5.00. The maximum atomic E-state index is 11.8. The van der Waals surface area contributed by atoms with Crippen molar-refractivity contribution >= 4 is 28.9 Å². The Morgan fingerprint density at radius 1 is 1.50 bits per heavy atom. The van der Waals surface area contributed by atoms with Gasteiger partial charge in [0.05, 0.1) is 24.2 Å². The van der Waals surface area contributed by atoms with Gasteiger partial charge in [0.15, 0.2) is 0 Å². The first kappa shape index (κ1) is 14.5. The number of alkyl halides is 1. The molecule has 0 bridgehead atoms. The van der Waals surface area contributed by atoms with Crippen molar-refractivity contribution in [2.24, 2.45) is 4.99 Å². The molecule has 5 heteroatoms. The van der Waals surface area contributed by atoms with Gasteiger partial charge in [0.25, 0.3) is 0 Å². The molecule has 0 aliphatic carbocycles. The molecular formula is C15H16ClN3O. The van der Waals surface area contributed by atoms with Gasteiger partial charge < -0.3 is 4.90 Å². The van der Waals surface area contributed by atoms with Crippen LogP contribution in [0.5, 0.6) is 0 Å². The third-order valence-electron chi connectivity index (χ3n) is 3.23. The summed E-state index contributed by atoms with van der Waals surface area (Å²) in [6, 6.07) is 7.50. The van der Waals surface area contributed by atoms with E-state index in [1.165, 1.54) is 0 Å². The Labute approximate surface area is 123 Å². The van der Waals surface area contributed by atoms with Crippen molar-refractivity contribution in [3.8, 4) is 6.07 Å². The Morgan fingerprint density at radius 2 is 2.30 bits per heavy atom. The minimum Gasteiger partial charge on any atom is -0.337 e. The van der Waals surface area contributed by atoms with Crippen LogP contribution in [0.2, 0.25) is 0 Å². The average molecular weight is 290 g/mol. The molecule has 4 nitrogen and oxygen atoms in total. The molecule has 0 spiro atoms. The highest BCUT2D eigenvalue weighted by molar-refractivity contribution is 6.17. The van der Waals surface area contributed by atoms with Gasteiger partial charge in [-0.1, -0.05) is 19.1 Å². The van der Waals surface area contributed by atoms with Crippen LogP contribution in [0.4, 0.5) is 5.69 Å². The second-order valence-electron chi connectivity index (χ2n) is 4.73. The van der Waals surface area contributed by atoms with Crippen LogP contribution in [0.15, 0.2) is 23.2 Å². The normalized spacial score (nSPS) is 16.8. The molecule has 0 atom stereocenters. The fraction of sp³-hybridized carbons (Fsp3) is 0.400. The van der Waals surface area contributed by atoms with Crippen molar-refractivity contribution in [1.82, 2.24) is 4.90 Å². The van der Waals surface area contributed by atoms with Crippen molar-refractivity contribution < 1.29 is 4.79 Å². The van der Waals surface area contributed by atoms with Gasteiger partial charge in [-0.05, 0) is 18.1 Å². The molecule has 0 unspecified atom stereocenters. The molecule has 0 aromatic heterocycles. The van der Waals surface area contributed by atoms with E-state index in [-0.39, 0.29) is 5.91 Å². The minimum atomic E-state index is 0.104. The number of amides is 1. The highest BCUT2D eigenvalue weighted by atomic mass is 35.5. The summed E-state index contributed by atoms with van der Waals surface area (Å²) in [5.74, 6) is 0.404. The van der Waals surface area contributed by atoms with E-state index in [0.717, 1.165) is 24.2 Å². The van der Waals surface area contributed by atoms with Crippen molar-refractivity contribution in [3.63, 3.8) is 0 Å². The van der Waals surface area contributed by atoms with Gasteiger partial charge in [-0.15, -0.1) is 11.6 Å². The Kier molecular flexibility index (Phi) is 4.75. The smallest absolute Gasteiger partial charge is 0.228 e. The number of likely N-dealkylation sites (tertiary alicyclic amines) is 1. The van der Waals surface area contributed by atoms with Crippen molar-refractivity contribution in [1.29, 1.82) is 5.26 Å². The first-order chi connectivity index (χ1) is 9.69. The highest BCUT2D eigenvalue weighted by Gasteiger charge is 2.25. The number of carbonyl (C=O) groups excluding carboxylic acids is 1. The van der Waals surface area contributed by atoms with Crippen LogP contribution >= 0.6 is 11.6 Å². The molecule has 1 aromatic carbocycles. The summed E-state index contributed by atoms with van der Waals surface area (Å²) >= 11 is 5.90. The number of aliphatic imine (C=N–C) groups is 1. The van der Waals surface area contributed by atoms with E-state index in [0.29, 0.717) is 30.1 Å². The Hall–Kier alpha value is -1.86. The monoisotopic (exact) mass is 289 g/mol. The van der Waals surface area contributed by atoms with Crippen molar-refractivity contribution in [2.45, 2.75) is 25.6 Å². The van der Waals surface area contributed by atoms with E-state index in [9.17, 15) is 4.79 Å². The molecule has 1 aromatic rings. The summed E-state index contributed by atoms with van der Waals surface area (Å²) in [5, 5.41) is 9.16. The predicted molar refractivity (Wildman–Crippen MR) is 79.3 cm³/mol. The molecule has 104 valence electrons. The van der Waals surface area contributed by atoms with Crippen LogP contribution in [0, 0.1) is 11.3 Å². The van der Waals surface area contributed by atoms with E-state index in [2.05, 4.69) is 11.1 Å². The fourth-order valence-electron chi connectivity index (χ4n) is 2.28. The predicted octanol–water partition coefficient (Wildman–Crippen LogP) is 3.01. The Balaban J connectivity index is 2.33. The first-order valence-electron chi connectivity index (χ1n) is 6.61. The third kappa shape index (κ3) is 3.00. The lowest BCUT2D eigenvalue weighted by Crippen LogP contribution is -2.25. The lowest BCUT2D eigenvalue weighted by atomic mass is 10.1. The molecular weight excluding hydrogens is 274 g/mol. The largest absolute Gasteiger partial charge is 0.337 e. The van der Waals surface area contributed by atoms with E-state index >= 15 is 0 Å². The lowest BCUT2D eigenvalue weighted by Gasteiger charge is -2.12. The molecule has 20 heavy (non-hydrogen) atoms. The van der Waals surface area contributed by atoms with Gasteiger partial charge in [-0.3, -0.25) is 9.79 Å². The number of rotatable bonds is 4. The maximum absolute atomic E-state index is 11.8. The molecule has 1 aliphatic rings. The number of nitriles is 1. The summed E-state index contributed by atoms with van der Waals surface area (Å²) < 4.78 is 0. The van der Waals surface area contributed by atoms with Crippen LogP contribution in [-0.2, 0) is 10.7 Å². The zero-order valence-electron chi connectivity index (χ0n) is 11.4. The molecule has 0 saturated carbocycles. The van der Waals surface area contributed by atoms with Gasteiger partial charge in [-0.25, -0.2) is 0 Å². The molecule has 1 heterocycles. The zero-order chi connectivity index (χ0) is 14.5. The van der Waals surface area contributed by atoms with E-state index < -0.39 is 0 Å². The van der Waals surface area contributed by atoms with Crippen LogP contribution in [0.25, 0.3) is 0 Å². The Morgan fingerprint density at radius 3 is 2.95 bits per heavy atom. The van der Waals surface area contributed by atoms with Gasteiger partial charge >= 0.3 is 0 Å². The summed E-state index contributed by atoms with van der Waals surface area (Å²) in [4.78, 5) is 18.2. The summed E-state index contributed by atoms with van der Waals surface area (Å²) in [5.41, 5.74) is 2.72. The van der Waals surface area contributed by atoms with E-state index in [1.54, 1.807) is 17.0 Å². The van der Waals surface area contributed by atoms with Crippen molar-refractivity contribution in [2.75, 3.05) is 13.1 Å². The van der Waals surface area contributed by atoms with Gasteiger partial charge in [0.1, 0.15) is 6.07 Å². The van der Waals surface area contributed by atoms with Gasteiger partial charge in [-0.2, -0.15) is 5.26 Å². The van der Waals surface area contributed by atoms with E-state index in [4.69, 9.17) is 16.9 Å². The number of para-hydroxylation sites is 1. The maximum Gasteiger partial charge on any atom is 0.228 e. The van der Waals surface area contributed by atoms with Crippen LogP contribution in [0.3, 0.4) is 0 Å². The summed E-state index contributed by atoms with van der Waals surface area (Å²) in [6.07, 6.45) is 1.27. The van der Waals surface area contributed by atoms with Gasteiger partial charge in [0.2, 0.25) is 5.91 Å². The number of nitrogens with zero attached hydrogens (tertiary/aromatic N) is 3. The standard InChI is InChI=1S/C15H16ClN3O/c1-2-6-19-10-13(7-14(19)20)18-15-11(8-16)4-3-5-12(15)9-17/h3-5H,2,6-8,10H2,1H3. The number of hydrogen-bond donors (Lipinski definition) is 0. The fourth-order valence-corrected chi connectivity index (χ4v) is 2.49. The summed E-state index contributed by atoms with van der Waals surface area (Å²) in [7, 11) is 0. The van der Waals surface area contributed by atoms with Crippen LogP contribution < -0.4 is 0 Å².